The number of benzene rings is 4. The van der Waals surface area contributed by atoms with Gasteiger partial charge in [0.2, 0.25) is 0 Å². The molecule has 0 aliphatic heterocycles. The minimum absolute atomic E-state index is 0.256. The van der Waals surface area contributed by atoms with Crippen LogP contribution in [0.25, 0.3) is 32.7 Å². The van der Waals surface area contributed by atoms with Gasteiger partial charge in [0.15, 0.2) is 5.75 Å². The quantitative estimate of drug-likeness (QED) is 0.332. The molecule has 5 heteroatoms. The molecule has 0 amide bonds. The van der Waals surface area contributed by atoms with Crippen molar-refractivity contribution in [1.29, 1.82) is 0 Å². The molecule has 4 nitrogen and oxygen atoms in total. The van der Waals surface area contributed by atoms with E-state index in [1.165, 1.54) is 6.26 Å². The van der Waals surface area contributed by atoms with E-state index in [9.17, 15) is 8.42 Å². The number of ether oxygens (including phenoxy) is 1. The second kappa shape index (κ2) is 7.02. The first-order valence-electron chi connectivity index (χ1n) is 8.69. The molecule has 0 aromatic heterocycles. The van der Waals surface area contributed by atoms with E-state index in [-0.39, 0.29) is 5.75 Å². The summed E-state index contributed by atoms with van der Waals surface area (Å²) < 4.78 is 34.9. The van der Waals surface area contributed by atoms with Gasteiger partial charge in [0.25, 0.3) is 0 Å². The average Bonchev–Trinajstić information content (AvgIpc) is 2.67. The van der Waals surface area contributed by atoms with Crippen LogP contribution < -0.4 is 8.92 Å². The predicted octanol–water partition coefficient (Wildman–Crippen LogP) is 5.52. The summed E-state index contributed by atoms with van der Waals surface area (Å²) in [7, 11) is -3.72. The van der Waals surface area contributed by atoms with Crippen molar-refractivity contribution in [2.45, 2.75) is 0 Å². The van der Waals surface area contributed by atoms with E-state index >= 15 is 0 Å². The molecule has 0 heterocycles. The summed E-state index contributed by atoms with van der Waals surface area (Å²) in [5.74, 6) is 0.829. The van der Waals surface area contributed by atoms with Gasteiger partial charge in [0.1, 0.15) is 5.75 Å². The summed E-state index contributed by atoms with van der Waals surface area (Å²) in [4.78, 5) is 0. The summed E-state index contributed by atoms with van der Waals surface area (Å²) in [6.07, 6.45) is 2.39. The van der Waals surface area contributed by atoms with Crippen molar-refractivity contribution in [3.05, 3.63) is 85.6 Å². The van der Waals surface area contributed by atoms with Gasteiger partial charge in [-0.1, -0.05) is 67.2 Å². The van der Waals surface area contributed by atoms with Crippen LogP contribution in [0.3, 0.4) is 0 Å². The highest BCUT2D eigenvalue weighted by Gasteiger charge is 2.20. The van der Waals surface area contributed by atoms with Gasteiger partial charge in [-0.3, -0.25) is 0 Å². The topological polar surface area (TPSA) is 52.6 Å². The van der Waals surface area contributed by atoms with E-state index in [1.54, 1.807) is 6.07 Å². The second-order valence-electron chi connectivity index (χ2n) is 6.39. The molecule has 0 saturated carbocycles. The fourth-order valence-electron chi connectivity index (χ4n) is 3.44. The molecule has 4 aromatic carbocycles. The lowest BCUT2D eigenvalue weighted by Crippen LogP contribution is -2.07. The van der Waals surface area contributed by atoms with Gasteiger partial charge in [-0.25, -0.2) is 0 Å². The molecule has 4 rings (SSSR count). The Morgan fingerprint density at radius 3 is 1.79 bits per heavy atom. The van der Waals surface area contributed by atoms with Crippen LogP contribution in [0.2, 0.25) is 0 Å². The molecule has 0 spiro atoms. The fraction of sp³-hybridized carbons (Fsp3) is 0.0435. The van der Waals surface area contributed by atoms with Gasteiger partial charge in [-0.05, 0) is 33.7 Å². The van der Waals surface area contributed by atoms with E-state index in [2.05, 4.69) is 6.58 Å². The van der Waals surface area contributed by atoms with E-state index in [4.69, 9.17) is 8.92 Å². The molecular formula is C23H18O4S. The molecule has 0 saturated heterocycles. The largest absolute Gasteiger partial charge is 0.465 e. The minimum atomic E-state index is -3.72. The lowest BCUT2D eigenvalue weighted by Gasteiger charge is -2.18. The van der Waals surface area contributed by atoms with Crippen molar-refractivity contribution < 1.29 is 17.3 Å². The first kappa shape index (κ1) is 18.1. The van der Waals surface area contributed by atoms with Crippen LogP contribution in [-0.4, -0.2) is 14.7 Å². The molecule has 0 N–H and O–H groups in total. The predicted molar refractivity (Wildman–Crippen MR) is 113 cm³/mol. The number of hydrogen-bond donors (Lipinski definition) is 0. The van der Waals surface area contributed by atoms with Gasteiger partial charge in [-0.2, -0.15) is 8.42 Å². The van der Waals surface area contributed by atoms with Crippen LogP contribution in [-0.2, 0) is 10.1 Å². The number of fused-ring (bicyclic) bond motifs is 2. The molecule has 0 aliphatic carbocycles. The third kappa shape index (κ3) is 3.32. The standard InChI is InChI=1S/C23H18O4S/c1-3-26-20-14-12-16-8-4-6-10-18(16)22(20)23-19-11-7-5-9-17(19)13-15-21(23)27-28(2,24)25/h3-15H,1H2,2H3. The highest BCUT2D eigenvalue weighted by molar-refractivity contribution is 7.86. The second-order valence-corrected chi connectivity index (χ2v) is 7.97. The van der Waals surface area contributed by atoms with E-state index in [1.807, 2.05) is 66.7 Å². The summed E-state index contributed by atoms with van der Waals surface area (Å²) in [6.45, 7) is 3.67. The maximum Gasteiger partial charge on any atom is 0.306 e. The van der Waals surface area contributed by atoms with Gasteiger partial charge < -0.3 is 8.92 Å². The van der Waals surface area contributed by atoms with Crippen molar-refractivity contribution in [3.63, 3.8) is 0 Å². The summed E-state index contributed by atoms with van der Waals surface area (Å²) >= 11 is 0. The zero-order valence-electron chi connectivity index (χ0n) is 15.3. The number of hydrogen-bond acceptors (Lipinski definition) is 4. The lowest BCUT2D eigenvalue weighted by molar-refractivity contribution is 0.483. The molecule has 28 heavy (non-hydrogen) atoms. The van der Waals surface area contributed by atoms with Crippen LogP contribution in [0.1, 0.15) is 0 Å². The van der Waals surface area contributed by atoms with E-state index in [0.29, 0.717) is 11.3 Å². The highest BCUT2D eigenvalue weighted by Crippen LogP contribution is 2.45. The Hall–Kier alpha value is -3.31. The molecule has 0 bridgehead atoms. The monoisotopic (exact) mass is 390 g/mol. The Bertz CT molecular complexity index is 1310. The van der Waals surface area contributed by atoms with Crippen LogP contribution in [0.4, 0.5) is 0 Å². The zero-order chi connectivity index (χ0) is 19.7. The average molecular weight is 390 g/mol. The normalized spacial score (nSPS) is 11.5. The SMILES string of the molecule is C=COc1ccc2ccccc2c1-c1c(OS(C)(=O)=O)ccc2ccccc12. The van der Waals surface area contributed by atoms with Crippen molar-refractivity contribution in [1.82, 2.24) is 0 Å². The Kier molecular flexibility index (Phi) is 4.53. The first-order valence-corrected chi connectivity index (χ1v) is 10.5. The third-order valence-electron chi connectivity index (χ3n) is 4.48. The van der Waals surface area contributed by atoms with Crippen LogP contribution in [0.5, 0.6) is 11.5 Å². The van der Waals surface area contributed by atoms with Gasteiger partial charge in [-0.15, -0.1) is 0 Å². The van der Waals surface area contributed by atoms with Gasteiger partial charge >= 0.3 is 10.1 Å². The van der Waals surface area contributed by atoms with Crippen molar-refractivity contribution in [2.24, 2.45) is 0 Å². The van der Waals surface area contributed by atoms with Crippen molar-refractivity contribution >= 4 is 31.7 Å². The Morgan fingerprint density at radius 2 is 1.25 bits per heavy atom. The Labute approximate surface area is 163 Å². The lowest BCUT2D eigenvalue weighted by atomic mass is 9.92. The Balaban J connectivity index is 2.18. The molecule has 0 fully saturated rings. The maximum atomic E-state index is 11.9. The zero-order valence-corrected chi connectivity index (χ0v) is 16.1. The molecule has 4 aromatic rings. The Morgan fingerprint density at radius 1 is 0.750 bits per heavy atom. The van der Waals surface area contributed by atoms with E-state index < -0.39 is 10.1 Å². The van der Waals surface area contributed by atoms with E-state index in [0.717, 1.165) is 33.4 Å². The van der Waals surface area contributed by atoms with Crippen LogP contribution in [0, 0.1) is 0 Å². The van der Waals surface area contributed by atoms with Crippen LogP contribution >= 0.6 is 0 Å². The molecular weight excluding hydrogens is 372 g/mol. The molecule has 140 valence electrons. The summed E-state index contributed by atoms with van der Waals surface area (Å²) in [6, 6.07) is 23.0. The molecule has 0 aliphatic rings. The minimum Gasteiger partial charge on any atom is -0.465 e. The molecule has 0 radical (unpaired) electrons. The van der Waals surface area contributed by atoms with Crippen molar-refractivity contribution in [2.75, 3.05) is 6.26 Å². The molecule has 0 unspecified atom stereocenters. The van der Waals surface area contributed by atoms with Gasteiger partial charge in [0, 0.05) is 11.1 Å². The first-order chi connectivity index (χ1) is 13.5. The van der Waals surface area contributed by atoms with Crippen molar-refractivity contribution in [3.8, 4) is 22.6 Å². The third-order valence-corrected chi connectivity index (χ3v) is 4.97. The fourth-order valence-corrected chi connectivity index (χ4v) is 3.90. The highest BCUT2D eigenvalue weighted by atomic mass is 32.2. The number of rotatable bonds is 5. The summed E-state index contributed by atoms with van der Waals surface area (Å²) in [5.41, 5.74) is 1.42. The van der Waals surface area contributed by atoms with Crippen LogP contribution in [0.15, 0.2) is 85.6 Å². The maximum absolute atomic E-state index is 11.9. The summed E-state index contributed by atoms with van der Waals surface area (Å²) in [5, 5.41) is 3.77. The van der Waals surface area contributed by atoms with Gasteiger partial charge in [0.05, 0.1) is 12.5 Å². The molecule has 0 atom stereocenters. The smallest absolute Gasteiger partial charge is 0.306 e.